The first-order chi connectivity index (χ1) is 11.8. The number of aromatic amines is 1. The topological polar surface area (TPSA) is 40.7 Å². The Morgan fingerprint density at radius 2 is 2.25 bits per heavy atom. The van der Waals surface area contributed by atoms with Crippen molar-refractivity contribution in [1.29, 1.82) is 0 Å². The molecule has 1 aliphatic rings. The number of aromatic nitrogens is 2. The summed E-state index contributed by atoms with van der Waals surface area (Å²) < 4.78 is 13.5. The average Bonchev–Trinajstić information content (AvgIpc) is 3.25. The van der Waals surface area contributed by atoms with Crippen LogP contribution in [0.2, 0.25) is 0 Å². The van der Waals surface area contributed by atoms with Crippen LogP contribution in [0.5, 0.6) is 0 Å². The second kappa shape index (κ2) is 6.73. The number of fused-ring (bicyclic) bond motifs is 1. The van der Waals surface area contributed by atoms with Gasteiger partial charge in [0.2, 0.25) is 0 Å². The summed E-state index contributed by atoms with van der Waals surface area (Å²) in [7, 11) is 0. The van der Waals surface area contributed by atoms with Crippen LogP contribution in [-0.2, 0) is 6.42 Å². The first-order valence-corrected chi connectivity index (χ1v) is 8.67. The maximum atomic E-state index is 13.5. The van der Waals surface area contributed by atoms with E-state index in [4.69, 9.17) is 0 Å². The maximum Gasteiger partial charge on any atom is 0.123 e. The van der Waals surface area contributed by atoms with E-state index in [-0.39, 0.29) is 5.82 Å². The Labute approximate surface area is 141 Å². The van der Waals surface area contributed by atoms with Crippen LogP contribution in [0.4, 0.5) is 4.39 Å². The molecule has 1 aromatic carbocycles. The lowest BCUT2D eigenvalue weighted by Crippen LogP contribution is -2.19. The van der Waals surface area contributed by atoms with Gasteiger partial charge in [0.05, 0.1) is 0 Å². The second-order valence-corrected chi connectivity index (χ2v) is 6.71. The van der Waals surface area contributed by atoms with E-state index in [2.05, 4.69) is 27.5 Å². The zero-order valence-corrected chi connectivity index (χ0v) is 13.6. The number of benzene rings is 1. The first kappa shape index (κ1) is 15.3. The van der Waals surface area contributed by atoms with Crippen molar-refractivity contribution < 1.29 is 4.39 Å². The van der Waals surface area contributed by atoms with E-state index >= 15 is 0 Å². The number of hydrogen-bond donors (Lipinski definition) is 2. The summed E-state index contributed by atoms with van der Waals surface area (Å²) in [5.41, 5.74) is 3.59. The van der Waals surface area contributed by atoms with E-state index in [0.717, 1.165) is 36.8 Å². The van der Waals surface area contributed by atoms with Gasteiger partial charge < -0.3 is 10.3 Å². The normalized spacial score (nSPS) is 19.7. The molecule has 0 saturated heterocycles. The molecule has 0 radical (unpaired) electrons. The van der Waals surface area contributed by atoms with Crippen LogP contribution in [0, 0.1) is 11.7 Å². The maximum absolute atomic E-state index is 13.5. The molecule has 1 fully saturated rings. The quantitative estimate of drug-likeness (QED) is 0.645. The summed E-state index contributed by atoms with van der Waals surface area (Å²) in [4.78, 5) is 7.40. The number of halogens is 1. The molecule has 0 amide bonds. The molecule has 2 N–H and O–H groups in total. The third-order valence-corrected chi connectivity index (χ3v) is 4.95. The number of hydrogen-bond acceptors (Lipinski definition) is 2. The van der Waals surface area contributed by atoms with Crippen LogP contribution in [0.15, 0.2) is 48.9 Å². The monoisotopic (exact) mass is 323 g/mol. The molecule has 4 rings (SSSR count). The van der Waals surface area contributed by atoms with Crippen molar-refractivity contribution in [2.24, 2.45) is 5.92 Å². The highest BCUT2D eigenvalue weighted by atomic mass is 19.1. The van der Waals surface area contributed by atoms with Crippen molar-refractivity contribution in [2.75, 3.05) is 13.1 Å². The molecular weight excluding hydrogens is 301 g/mol. The van der Waals surface area contributed by atoms with Gasteiger partial charge in [0.1, 0.15) is 5.82 Å². The molecule has 2 aromatic heterocycles. The molecule has 1 aliphatic carbocycles. The molecule has 0 bridgehead atoms. The standard InChI is InChI=1S/C20H22FN3/c21-16-5-6-20-18(10-16)19(13-24-20)17-9-15(17)12-23-8-2-4-14-3-1-7-22-11-14/h1,3,5-7,10-11,13,15,17,23-24H,2,4,8-9,12H2. The van der Waals surface area contributed by atoms with E-state index in [9.17, 15) is 4.39 Å². The van der Waals surface area contributed by atoms with Gasteiger partial charge in [-0.15, -0.1) is 0 Å². The number of H-pyrrole nitrogens is 1. The minimum Gasteiger partial charge on any atom is -0.361 e. The molecule has 0 aliphatic heterocycles. The summed E-state index contributed by atoms with van der Waals surface area (Å²) in [6.07, 6.45) is 9.19. The molecule has 2 heterocycles. The van der Waals surface area contributed by atoms with E-state index in [1.165, 1.54) is 23.6 Å². The van der Waals surface area contributed by atoms with E-state index in [1.807, 2.05) is 24.5 Å². The van der Waals surface area contributed by atoms with Crippen molar-refractivity contribution in [3.63, 3.8) is 0 Å². The first-order valence-electron chi connectivity index (χ1n) is 8.67. The molecule has 3 nitrogen and oxygen atoms in total. The van der Waals surface area contributed by atoms with E-state index in [0.29, 0.717) is 11.8 Å². The number of nitrogens with one attached hydrogen (secondary N) is 2. The molecule has 3 aromatic rings. The van der Waals surface area contributed by atoms with Gasteiger partial charge in [-0.25, -0.2) is 4.39 Å². The van der Waals surface area contributed by atoms with Crippen molar-refractivity contribution in [3.8, 4) is 0 Å². The van der Waals surface area contributed by atoms with Gasteiger partial charge in [-0.1, -0.05) is 6.07 Å². The van der Waals surface area contributed by atoms with E-state index < -0.39 is 0 Å². The molecule has 124 valence electrons. The summed E-state index contributed by atoms with van der Waals surface area (Å²) in [6.45, 7) is 2.07. The lowest BCUT2D eigenvalue weighted by atomic mass is 10.1. The van der Waals surface area contributed by atoms with Gasteiger partial charge in [0.15, 0.2) is 0 Å². The third-order valence-electron chi connectivity index (χ3n) is 4.95. The summed E-state index contributed by atoms with van der Waals surface area (Å²) in [5.74, 6) is 1.08. The Morgan fingerprint density at radius 3 is 3.12 bits per heavy atom. The minimum absolute atomic E-state index is 0.158. The van der Waals surface area contributed by atoms with Crippen molar-refractivity contribution in [3.05, 3.63) is 65.9 Å². The lowest BCUT2D eigenvalue weighted by molar-refractivity contribution is 0.605. The Balaban J connectivity index is 1.24. The second-order valence-electron chi connectivity index (χ2n) is 6.71. The minimum atomic E-state index is -0.158. The number of rotatable bonds is 7. The Hall–Kier alpha value is -2.20. The van der Waals surface area contributed by atoms with Crippen LogP contribution < -0.4 is 5.32 Å². The van der Waals surface area contributed by atoms with Crippen molar-refractivity contribution in [1.82, 2.24) is 15.3 Å². The van der Waals surface area contributed by atoms with Gasteiger partial charge in [-0.2, -0.15) is 0 Å². The molecule has 0 spiro atoms. The lowest BCUT2D eigenvalue weighted by Gasteiger charge is -2.04. The number of aryl methyl sites for hydroxylation is 1. The van der Waals surface area contributed by atoms with Gasteiger partial charge in [-0.3, -0.25) is 4.98 Å². The van der Waals surface area contributed by atoms with Crippen molar-refractivity contribution >= 4 is 10.9 Å². The zero-order valence-electron chi connectivity index (χ0n) is 13.6. The van der Waals surface area contributed by atoms with Gasteiger partial charge in [-0.05, 0) is 79.6 Å². The summed E-state index contributed by atoms with van der Waals surface area (Å²) >= 11 is 0. The van der Waals surface area contributed by atoms with Gasteiger partial charge in [0.25, 0.3) is 0 Å². The van der Waals surface area contributed by atoms with Gasteiger partial charge >= 0.3 is 0 Å². The highest BCUT2D eigenvalue weighted by molar-refractivity contribution is 5.84. The molecular formula is C20H22FN3. The van der Waals surface area contributed by atoms with Gasteiger partial charge in [0, 0.05) is 29.5 Å². The molecule has 2 unspecified atom stereocenters. The Morgan fingerprint density at radius 1 is 1.29 bits per heavy atom. The highest BCUT2D eigenvalue weighted by Gasteiger charge is 2.39. The van der Waals surface area contributed by atoms with Crippen LogP contribution in [0.25, 0.3) is 10.9 Å². The zero-order chi connectivity index (χ0) is 16.4. The van der Waals surface area contributed by atoms with Crippen LogP contribution in [-0.4, -0.2) is 23.1 Å². The predicted molar refractivity (Wildman–Crippen MR) is 94.5 cm³/mol. The number of nitrogens with zero attached hydrogens (tertiary/aromatic N) is 1. The molecule has 4 heteroatoms. The average molecular weight is 323 g/mol. The van der Waals surface area contributed by atoms with Crippen molar-refractivity contribution in [2.45, 2.75) is 25.2 Å². The molecule has 2 atom stereocenters. The third kappa shape index (κ3) is 3.34. The summed E-state index contributed by atoms with van der Waals surface area (Å²) in [5, 5.41) is 4.61. The Bertz CT molecular complexity index is 812. The fourth-order valence-corrected chi connectivity index (χ4v) is 3.53. The smallest absolute Gasteiger partial charge is 0.123 e. The molecule has 1 saturated carbocycles. The largest absolute Gasteiger partial charge is 0.361 e. The fourth-order valence-electron chi connectivity index (χ4n) is 3.53. The SMILES string of the molecule is Fc1ccc2[nH]cc(C3CC3CNCCCc3cccnc3)c2c1. The fraction of sp³-hybridized carbons (Fsp3) is 0.350. The predicted octanol–water partition coefficient (Wildman–Crippen LogP) is 4.03. The van der Waals surface area contributed by atoms with Crippen LogP contribution in [0.1, 0.15) is 29.9 Å². The van der Waals surface area contributed by atoms with Crippen LogP contribution >= 0.6 is 0 Å². The summed E-state index contributed by atoms with van der Waals surface area (Å²) in [6, 6.07) is 9.10. The Kier molecular flexibility index (Phi) is 4.30. The van der Waals surface area contributed by atoms with Crippen LogP contribution in [0.3, 0.4) is 0 Å². The van der Waals surface area contributed by atoms with E-state index in [1.54, 1.807) is 6.07 Å². The highest BCUT2D eigenvalue weighted by Crippen LogP contribution is 2.49. The number of pyridine rings is 1. The molecule has 24 heavy (non-hydrogen) atoms.